The van der Waals surface area contributed by atoms with Gasteiger partial charge in [-0.1, -0.05) is 0 Å². The lowest BCUT2D eigenvalue weighted by Crippen LogP contribution is -2.28. The Morgan fingerprint density at radius 2 is 1.97 bits per heavy atom. The highest BCUT2D eigenvalue weighted by atomic mass is 127. The molecule has 0 fully saturated rings. The lowest BCUT2D eigenvalue weighted by atomic mass is 10.1. The van der Waals surface area contributed by atoms with Gasteiger partial charge in [0.1, 0.15) is 5.82 Å². The number of nitrogens with one attached hydrogen (secondary N) is 2. The maximum atomic E-state index is 14.9. The largest absolute Gasteiger partial charge is 0.365 e. The van der Waals surface area contributed by atoms with Crippen molar-refractivity contribution in [1.82, 2.24) is 9.55 Å². The van der Waals surface area contributed by atoms with Gasteiger partial charge in [-0.25, -0.2) is 22.2 Å². The fourth-order valence-electron chi connectivity index (χ4n) is 3.07. The van der Waals surface area contributed by atoms with E-state index in [9.17, 15) is 26.8 Å². The number of rotatable bonds is 8. The first-order valence-electron chi connectivity index (χ1n) is 9.83. The van der Waals surface area contributed by atoms with Gasteiger partial charge in [0.25, 0.3) is 11.5 Å². The van der Waals surface area contributed by atoms with Gasteiger partial charge in [0.15, 0.2) is 11.6 Å². The first-order chi connectivity index (χ1) is 15.9. The van der Waals surface area contributed by atoms with Crippen LogP contribution in [0.1, 0.15) is 28.4 Å². The predicted molar refractivity (Wildman–Crippen MR) is 133 cm³/mol. The summed E-state index contributed by atoms with van der Waals surface area (Å²) in [5, 5.41) is 2.75. The molecule has 180 valence electrons. The molecule has 1 aromatic carbocycles. The van der Waals surface area contributed by atoms with Gasteiger partial charge in [-0.2, -0.15) is 0 Å². The molecule has 1 amide bonds. The lowest BCUT2D eigenvalue weighted by molar-refractivity contribution is 0.1000. The maximum absolute atomic E-state index is 14.9. The highest BCUT2D eigenvalue weighted by molar-refractivity contribution is 14.1. The monoisotopic (exact) mass is 603 g/mol. The number of amides is 1. The molecule has 0 spiro atoms. The molecule has 34 heavy (non-hydrogen) atoms. The summed E-state index contributed by atoms with van der Waals surface area (Å²) in [5.41, 5.74) is 4.86. The van der Waals surface area contributed by atoms with Crippen molar-refractivity contribution >= 4 is 55.7 Å². The van der Waals surface area contributed by atoms with Crippen LogP contribution >= 0.6 is 22.6 Å². The number of nitrogens with zero attached hydrogens (tertiary/aromatic N) is 2. The highest BCUT2D eigenvalue weighted by Crippen LogP contribution is 2.26. The Kier molecular flexibility index (Phi) is 7.55. The normalized spacial score (nSPS) is 11.3. The zero-order chi connectivity index (χ0) is 25.2. The van der Waals surface area contributed by atoms with Crippen molar-refractivity contribution in [3.8, 4) is 0 Å². The van der Waals surface area contributed by atoms with E-state index in [-0.39, 0.29) is 40.4 Å². The second kappa shape index (κ2) is 10.0. The van der Waals surface area contributed by atoms with Crippen molar-refractivity contribution in [2.24, 2.45) is 5.73 Å². The van der Waals surface area contributed by atoms with Crippen LogP contribution in [0.3, 0.4) is 0 Å². The van der Waals surface area contributed by atoms with Crippen LogP contribution in [-0.4, -0.2) is 29.6 Å². The number of benzene rings is 1. The van der Waals surface area contributed by atoms with E-state index in [4.69, 9.17) is 5.73 Å². The summed E-state index contributed by atoms with van der Waals surface area (Å²) in [4.78, 5) is 28.8. The Labute approximate surface area is 207 Å². The summed E-state index contributed by atoms with van der Waals surface area (Å²) in [7, 11) is -3.78. The Morgan fingerprint density at radius 1 is 1.26 bits per heavy atom. The lowest BCUT2D eigenvalue weighted by Gasteiger charge is -2.17. The van der Waals surface area contributed by atoms with Gasteiger partial charge in [0.05, 0.1) is 29.2 Å². The first kappa shape index (κ1) is 25.6. The number of primary amides is 1. The van der Waals surface area contributed by atoms with Gasteiger partial charge >= 0.3 is 0 Å². The molecular weight excluding hydrogens is 583 g/mol. The summed E-state index contributed by atoms with van der Waals surface area (Å²) >= 11 is 1.94. The van der Waals surface area contributed by atoms with Gasteiger partial charge in [-0.15, -0.1) is 0 Å². The van der Waals surface area contributed by atoms with Crippen LogP contribution in [0, 0.1) is 22.1 Å². The third-order valence-electron chi connectivity index (χ3n) is 4.91. The molecule has 0 aliphatic heterocycles. The number of hydrogen-bond donors (Lipinski definition) is 3. The van der Waals surface area contributed by atoms with Gasteiger partial charge in [-0.3, -0.25) is 14.3 Å². The summed E-state index contributed by atoms with van der Waals surface area (Å²) in [6.45, 7) is 2.46. The summed E-state index contributed by atoms with van der Waals surface area (Å²) in [6, 6.07) is 5.65. The molecule has 13 heteroatoms. The minimum atomic E-state index is -3.78. The van der Waals surface area contributed by atoms with Crippen molar-refractivity contribution < 1.29 is 22.0 Å². The van der Waals surface area contributed by atoms with Crippen molar-refractivity contribution in [1.29, 1.82) is 0 Å². The van der Waals surface area contributed by atoms with Crippen molar-refractivity contribution in [3.05, 3.63) is 78.9 Å². The summed E-state index contributed by atoms with van der Waals surface area (Å²) < 4.78 is 56.6. The van der Waals surface area contributed by atoms with E-state index in [1.165, 1.54) is 38.2 Å². The van der Waals surface area contributed by atoms with Gasteiger partial charge < -0.3 is 15.6 Å². The number of aromatic nitrogens is 2. The fraction of sp³-hybridized carbons (Fsp3) is 0.190. The van der Waals surface area contributed by atoms with Gasteiger partial charge in [0, 0.05) is 27.1 Å². The predicted octanol–water partition coefficient (Wildman–Crippen LogP) is 3.09. The Balaban J connectivity index is 2.05. The maximum Gasteiger partial charge on any atom is 0.255 e. The minimum Gasteiger partial charge on any atom is -0.365 e. The van der Waals surface area contributed by atoms with E-state index >= 15 is 0 Å². The first-order valence-corrected chi connectivity index (χ1v) is 12.6. The van der Waals surface area contributed by atoms with E-state index in [2.05, 4.69) is 10.3 Å². The number of pyridine rings is 2. The molecule has 4 N–H and O–H groups in total. The molecule has 0 saturated carbocycles. The van der Waals surface area contributed by atoms with Gasteiger partial charge in [-0.05, 0) is 60.7 Å². The Hall–Kier alpha value is -3.07. The van der Waals surface area contributed by atoms with Crippen molar-refractivity contribution in [2.75, 3.05) is 15.8 Å². The fourth-order valence-corrected chi connectivity index (χ4v) is 4.11. The van der Waals surface area contributed by atoms with E-state index < -0.39 is 38.9 Å². The molecule has 9 nitrogen and oxygen atoms in total. The molecule has 0 aliphatic carbocycles. The number of carbonyl (C=O) groups excluding carboxylic acids is 1. The van der Waals surface area contributed by atoms with Crippen LogP contribution in [0.5, 0.6) is 0 Å². The molecular formula is C21H20F2IN5O4S. The molecule has 3 aromatic rings. The molecule has 2 heterocycles. The van der Waals surface area contributed by atoms with Crippen LogP contribution in [-0.2, 0) is 16.6 Å². The molecule has 0 atom stereocenters. The minimum absolute atomic E-state index is 0.0282. The molecule has 2 aromatic heterocycles. The second-order valence-electron chi connectivity index (χ2n) is 7.23. The third kappa shape index (κ3) is 5.52. The highest BCUT2D eigenvalue weighted by Gasteiger charge is 2.20. The molecule has 0 radical (unpaired) electrons. The number of carbonyl (C=O) groups is 1. The van der Waals surface area contributed by atoms with Crippen molar-refractivity contribution in [2.45, 2.75) is 20.4 Å². The number of nitrogens with two attached hydrogens (primary N) is 1. The molecule has 0 aliphatic rings. The second-order valence-corrected chi connectivity index (χ2v) is 10.5. The van der Waals surface area contributed by atoms with Crippen LogP contribution in [0.25, 0.3) is 0 Å². The number of sulfonamides is 1. The number of anilines is 3. The van der Waals surface area contributed by atoms with E-state index in [1.807, 2.05) is 27.3 Å². The van der Waals surface area contributed by atoms with E-state index in [1.54, 1.807) is 6.07 Å². The van der Waals surface area contributed by atoms with Crippen molar-refractivity contribution in [3.63, 3.8) is 0 Å². The standard InChI is InChI=1S/C21H20F2IN5O4S/c1-3-34(32,33)28-20-17(23)12(6-7-26-20)9-29-10-14(19(25)30)18(11(2)21(29)31)27-16-5-4-13(24)8-15(16)22/h4-8,10,27H,3,9H2,1-2H3,(H2,25,30)(H,26,28). The van der Waals surface area contributed by atoms with Crippen LogP contribution < -0.4 is 21.3 Å². The zero-order valence-electron chi connectivity index (χ0n) is 18.0. The number of hydrogen-bond acceptors (Lipinski definition) is 6. The SMILES string of the molecule is CCS(=O)(=O)Nc1nccc(Cn2cc(C(N)=O)c(Nc3ccc(I)cc3F)c(C)c2=O)c1F. The Bertz CT molecular complexity index is 1440. The molecule has 3 rings (SSSR count). The smallest absolute Gasteiger partial charge is 0.255 e. The quantitative estimate of drug-likeness (QED) is 0.339. The average Bonchev–Trinajstić information content (AvgIpc) is 2.77. The van der Waals surface area contributed by atoms with Crippen LogP contribution in [0.4, 0.5) is 26.0 Å². The average molecular weight is 603 g/mol. The summed E-state index contributed by atoms with van der Waals surface area (Å²) in [5.74, 6) is -3.24. The molecule has 0 saturated heterocycles. The summed E-state index contributed by atoms with van der Waals surface area (Å²) in [6.07, 6.45) is 2.33. The zero-order valence-corrected chi connectivity index (χ0v) is 21.0. The third-order valence-corrected chi connectivity index (χ3v) is 6.84. The van der Waals surface area contributed by atoms with E-state index in [0.29, 0.717) is 3.57 Å². The van der Waals surface area contributed by atoms with Gasteiger partial charge in [0.2, 0.25) is 10.0 Å². The Morgan fingerprint density at radius 3 is 2.59 bits per heavy atom. The topological polar surface area (TPSA) is 136 Å². The molecule has 0 bridgehead atoms. The van der Waals surface area contributed by atoms with Crippen LogP contribution in [0.2, 0.25) is 0 Å². The number of halogens is 3. The molecule has 0 unspecified atom stereocenters. The van der Waals surface area contributed by atoms with E-state index in [0.717, 1.165) is 10.8 Å². The van der Waals surface area contributed by atoms with Crippen LogP contribution in [0.15, 0.2) is 41.5 Å².